The van der Waals surface area contributed by atoms with Gasteiger partial charge in [-0.2, -0.15) is 0 Å². The summed E-state index contributed by atoms with van der Waals surface area (Å²) in [5, 5.41) is 0.188. The summed E-state index contributed by atoms with van der Waals surface area (Å²) in [7, 11) is -3.25. The molecule has 0 saturated carbocycles. The second-order valence-corrected chi connectivity index (χ2v) is 6.03. The molecule has 0 atom stereocenters. The Kier molecular flexibility index (Phi) is 6.29. The van der Waals surface area contributed by atoms with Crippen LogP contribution in [0.3, 0.4) is 0 Å². The fourth-order valence-electron chi connectivity index (χ4n) is 1.48. The van der Waals surface area contributed by atoms with Crippen molar-refractivity contribution in [3.63, 3.8) is 0 Å². The predicted octanol–water partition coefficient (Wildman–Crippen LogP) is 3.62. The molecule has 1 heterocycles. The highest BCUT2D eigenvalue weighted by atomic mass is 79.9. The maximum absolute atomic E-state index is 12.3. The fraction of sp³-hybridized carbons (Fsp3) is 0.545. The molecule has 18 heavy (non-hydrogen) atoms. The first-order valence-corrected chi connectivity index (χ1v) is 8.45. The SMILES string of the molecule is CCOP(=O)(Cc1occc1C(=O)CBr)OCC. The minimum absolute atomic E-state index is 0.0320. The number of Topliss-reactive ketones (excluding diaryl/α,β-unsaturated/α-hetero) is 1. The molecule has 1 aromatic heterocycles. The summed E-state index contributed by atoms with van der Waals surface area (Å²) in [5.41, 5.74) is 0.409. The van der Waals surface area contributed by atoms with Crippen molar-refractivity contribution in [1.82, 2.24) is 0 Å². The highest BCUT2D eigenvalue weighted by Crippen LogP contribution is 2.51. The fourth-order valence-corrected chi connectivity index (χ4v) is 3.42. The number of carbonyl (C=O) groups excluding carboxylic acids is 1. The summed E-state index contributed by atoms with van der Waals surface area (Å²) in [6.07, 6.45) is 1.36. The first-order chi connectivity index (χ1) is 8.56. The van der Waals surface area contributed by atoms with Gasteiger partial charge in [-0.05, 0) is 19.9 Å². The van der Waals surface area contributed by atoms with E-state index in [0.29, 0.717) is 11.3 Å². The Morgan fingerprint density at radius 2 is 2.00 bits per heavy atom. The van der Waals surface area contributed by atoms with Crippen molar-refractivity contribution in [1.29, 1.82) is 0 Å². The van der Waals surface area contributed by atoms with Gasteiger partial charge in [0.1, 0.15) is 11.9 Å². The largest absolute Gasteiger partial charge is 0.468 e. The normalized spacial score (nSPS) is 11.7. The van der Waals surface area contributed by atoms with Gasteiger partial charge in [-0.3, -0.25) is 9.36 Å². The number of furan rings is 1. The molecule has 0 N–H and O–H groups in total. The van der Waals surface area contributed by atoms with Crippen molar-refractivity contribution in [2.24, 2.45) is 0 Å². The standard InChI is InChI=1S/C11H16BrO5P/c1-3-16-18(14,17-4-2)8-11-9(5-6-15-11)10(13)7-12/h5-6H,3-4,7-8H2,1-2H3. The molecule has 102 valence electrons. The third-order valence-electron chi connectivity index (χ3n) is 2.16. The Bertz CT molecular complexity index is 432. The minimum Gasteiger partial charge on any atom is -0.468 e. The van der Waals surface area contributed by atoms with Crippen molar-refractivity contribution in [2.75, 3.05) is 18.5 Å². The van der Waals surface area contributed by atoms with Crippen molar-refractivity contribution in [3.05, 3.63) is 23.7 Å². The Morgan fingerprint density at radius 1 is 1.39 bits per heavy atom. The lowest BCUT2D eigenvalue weighted by Crippen LogP contribution is -2.04. The van der Waals surface area contributed by atoms with Crippen LogP contribution in [0.15, 0.2) is 16.7 Å². The Balaban J connectivity index is 2.91. The van der Waals surface area contributed by atoms with E-state index in [1.807, 2.05) is 0 Å². The van der Waals surface area contributed by atoms with Crippen molar-refractivity contribution in [2.45, 2.75) is 20.0 Å². The molecule has 7 heteroatoms. The summed E-state index contributed by atoms with van der Waals surface area (Å²) in [5.74, 6) is 0.211. The van der Waals surface area contributed by atoms with Gasteiger partial charge in [-0.1, -0.05) is 15.9 Å². The van der Waals surface area contributed by atoms with E-state index in [1.165, 1.54) is 6.26 Å². The van der Waals surface area contributed by atoms with E-state index >= 15 is 0 Å². The summed E-state index contributed by atoms with van der Waals surface area (Å²) in [6, 6.07) is 1.56. The van der Waals surface area contributed by atoms with E-state index in [2.05, 4.69) is 15.9 Å². The minimum atomic E-state index is -3.25. The van der Waals surface area contributed by atoms with Crippen molar-refractivity contribution < 1.29 is 22.8 Å². The summed E-state index contributed by atoms with van der Waals surface area (Å²) < 4.78 is 27.8. The van der Waals surface area contributed by atoms with Gasteiger partial charge >= 0.3 is 7.60 Å². The molecule has 1 rings (SSSR count). The molecule has 0 saturated heterocycles. The molecule has 1 aromatic rings. The maximum atomic E-state index is 12.3. The number of alkyl halides is 1. The van der Waals surface area contributed by atoms with Gasteiger partial charge in [0.2, 0.25) is 0 Å². The lowest BCUT2D eigenvalue weighted by Gasteiger charge is -2.16. The number of rotatable bonds is 8. The van der Waals surface area contributed by atoms with Gasteiger partial charge in [0.05, 0.1) is 30.4 Å². The number of hydrogen-bond acceptors (Lipinski definition) is 5. The number of hydrogen-bond donors (Lipinski definition) is 0. The zero-order valence-corrected chi connectivity index (χ0v) is 12.8. The molecule has 0 aliphatic heterocycles. The maximum Gasteiger partial charge on any atom is 0.338 e. The lowest BCUT2D eigenvalue weighted by atomic mass is 10.2. The van der Waals surface area contributed by atoms with Crippen molar-refractivity contribution in [3.8, 4) is 0 Å². The van der Waals surface area contributed by atoms with E-state index in [1.54, 1.807) is 19.9 Å². The molecule has 0 fully saturated rings. The first kappa shape index (κ1) is 15.6. The second-order valence-electron chi connectivity index (χ2n) is 3.42. The Morgan fingerprint density at radius 3 is 2.50 bits per heavy atom. The van der Waals surface area contributed by atoms with E-state index in [0.717, 1.165) is 0 Å². The van der Waals surface area contributed by atoms with Gasteiger partial charge < -0.3 is 13.5 Å². The quantitative estimate of drug-likeness (QED) is 0.411. The summed E-state index contributed by atoms with van der Waals surface area (Å²) in [6.45, 7) is 4.02. The summed E-state index contributed by atoms with van der Waals surface area (Å²) in [4.78, 5) is 11.6. The molecule has 0 aromatic carbocycles. The smallest absolute Gasteiger partial charge is 0.338 e. The van der Waals surface area contributed by atoms with Gasteiger partial charge in [0.25, 0.3) is 0 Å². The third kappa shape index (κ3) is 4.05. The molecular weight excluding hydrogens is 323 g/mol. The molecule has 0 amide bonds. The molecular formula is C11H16BrO5P. The van der Waals surface area contributed by atoms with Crippen LogP contribution in [0.2, 0.25) is 0 Å². The zero-order chi connectivity index (χ0) is 13.6. The van der Waals surface area contributed by atoms with Crippen LogP contribution in [0.25, 0.3) is 0 Å². The van der Waals surface area contributed by atoms with Crippen LogP contribution in [-0.2, 0) is 19.8 Å². The highest BCUT2D eigenvalue weighted by Gasteiger charge is 2.28. The second kappa shape index (κ2) is 7.24. The Hall–Kier alpha value is -0.420. The van der Waals surface area contributed by atoms with Crippen LogP contribution in [0, 0.1) is 0 Å². The Labute approximate surface area is 114 Å². The van der Waals surface area contributed by atoms with Crippen LogP contribution >= 0.6 is 23.5 Å². The lowest BCUT2D eigenvalue weighted by molar-refractivity contribution is 0.102. The predicted molar refractivity (Wildman–Crippen MR) is 71.4 cm³/mol. The summed E-state index contributed by atoms with van der Waals surface area (Å²) >= 11 is 3.09. The van der Waals surface area contributed by atoms with E-state index in [9.17, 15) is 9.36 Å². The van der Waals surface area contributed by atoms with E-state index in [-0.39, 0.29) is 30.5 Å². The molecule has 0 unspecified atom stereocenters. The number of carbonyl (C=O) groups is 1. The zero-order valence-electron chi connectivity index (χ0n) is 10.3. The topological polar surface area (TPSA) is 65.7 Å². The van der Waals surface area contributed by atoms with E-state index < -0.39 is 7.60 Å². The average Bonchev–Trinajstić information content (AvgIpc) is 2.76. The molecule has 0 radical (unpaired) electrons. The van der Waals surface area contributed by atoms with Crippen LogP contribution in [-0.4, -0.2) is 24.3 Å². The molecule has 0 aliphatic rings. The number of halogens is 1. The van der Waals surface area contributed by atoms with Crippen LogP contribution in [0.5, 0.6) is 0 Å². The van der Waals surface area contributed by atoms with Crippen molar-refractivity contribution >= 4 is 29.3 Å². The van der Waals surface area contributed by atoms with Gasteiger partial charge in [-0.25, -0.2) is 0 Å². The van der Waals surface area contributed by atoms with Gasteiger partial charge in [0.15, 0.2) is 5.78 Å². The van der Waals surface area contributed by atoms with Crippen LogP contribution < -0.4 is 0 Å². The van der Waals surface area contributed by atoms with Gasteiger partial charge in [-0.15, -0.1) is 0 Å². The molecule has 0 spiro atoms. The highest BCUT2D eigenvalue weighted by molar-refractivity contribution is 9.09. The third-order valence-corrected chi connectivity index (χ3v) is 4.64. The first-order valence-electron chi connectivity index (χ1n) is 5.60. The van der Waals surface area contributed by atoms with E-state index in [4.69, 9.17) is 13.5 Å². The van der Waals surface area contributed by atoms with Crippen LogP contribution in [0.4, 0.5) is 0 Å². The molecule has 0 aliphatic carbocycles. The molecule has 5 nitrogen and oxygen atoms in total. The van der Waals surface area contributed by atoms with Gasteiger partial charge in [0, 0.05) is 0 Å². The van der Waals surface area contributed by atoms with Crippen LogP contribution in [0.1, 0.15) is 30.0 Å². The monoisotopic (exact) mass is 338 g/mol. The number of ketones is 1. The average molecular weight is 339 g/mol. The molecule has 0 bridgehead atoms.